The minimum Gasteiger partial charge on any atom is -0.368 e. The van der Waals surface area contributed by atoms with Crippen molar-refractivity contribution >= 4 is 40.9 Å². The molecule has 1 aliphatic rings. The van der Waals surface area contributed by atoms with Gasteiger partial charge in [0.15, 0.2) is 0 Å². The average molecular weight is 390 g/mol. The first-order valence-corrected chi connectivity index (χ1v) is 9.27. The summed E-state index contributed by atoms with van der Waals surface area (Å²) in [6, 6.07) is 13.0. The fourth-order valence-corrected chi connectivity index (χ4v) is 3.35. The van der Waals surface area contributed by atoms with E-state index in [0.29, 0.717) is 10.6 Å². The largest absolute Gasteiger partial charge is 0.368 e. The van der Waals surface area contributed by atoms with Crippen molar-refractivity contribution in [1.82, 2.24) is 4.90 Å². The molecule has 1 aliphatic heterocycles. The predicted molar refractivity (Wildman–Crippen MR) is 109 cm³/mol. The highest BCUT2D eigenvalue weighted by molar-refractivity contribution is 6.31. The number of primary amides is 1. The third kappa shape index (κ3) is 4.79. The van der Waals surface area contributed by atoms with E-state index in [-0.39, 0.29) is 0 Å². The van der Waals surface area contributed by atoms with Crippen molar-refractivity contribution < 1.29 is 4.79 Å². The van der Waals surface area contributed by atoms with E-state index < -0.39 is 5.91 Å². The Hall–Kier alpha value is -2.01. The Balaban J connectivity index is 1.57. The van der Waals surface area contributed by atoms with Gasteiger partial charge >= 0.3 is 0 Å². The number of hydrogen-bond acceptors (Lipinski definition) is 3. The van der Waals surface area contributed by atoms with E-state index in [1.807, 2.05) is 30.3 Å². The minimum absolute atomic E-state index is 0.426. The molecule has 26 heavy (non-hydrogen) atoms. The molecule has 0 spiro atoms. The fraction of sp³-hybridized carbons (Fsp3) is 0.250. The second-order valence-electron chi connectivity index (χ2n) is 6.27. The topological polar surface area (TPSA) is 49.6 Å². The standard InChI is InChI=1S/C20H21Cl2N3O/c21-16-5-3-15(4-6-16)2-1-9-24-10-12-25(13-11-24)19-14-17(22)7-8-18(19)20(23)26/h1-8,14H,9-13H2,(H2,23,26)/b2-1+. The van der Waals surface area contributed by atoms with Gasteiger partial charge in [0.25, 0.3) is 5.91 Å². The van der Waals surface area contributed by atoms with Crippen LogP contribution in [0.4, 0.5) is 5.69 Å². The molecule has 4 nitrogen and oxygen atoms in total. The summed E-state index contributed by atoms with van der Waals surface area (Å²) in [6.45, 7) is 4.37. The number of amides is 1. The van der Waals surface area contributed by atoms with Crippen molar-refractivity contribution in [3.8, 4) is 0 Å². The maximum Gasteiger partial charge on any atom is 0.250 e. The van der Waals surface area contributed by atoms with Gasteiger partial charge in [-0.1, -0.05) is 47.5 Å². The Morgan fingerprint density at radius 2 is 1.65 bits per heavy atom. The molecule has 3 rings (SSSR count). The Morgan fingerprint density at radius 1 is 1.00 bits per heavy atom. The van der Waals surface area contributed by atoms with E-state index in [9.17, 15) is 4.79 Å². The summed E-state index contributed by atoms with van der Waals surface area (Å²) in [4.78, 5) is 16.2. The van der Waals surface area contributed by atoms with Crippen molar-refractivity contribution in [3.63, 3.8) is 0 Å². The number of halogens is 2. The third-order valence-corrected chi connectivity index (χ3v) is 4.97. The highest BCUT2D eigenvalue weighted by Gasteiger charge is 2.20. The molecule has 1 saturated heterocycles. The molecule has 0 radical (unpaired) electrons. The van der Waals surface area contributed by atoms with Crippen molar-refractivity contribution in [2.24, 2.45) is 5.73 Å². The summed E-state index contributed by atoms with van der Waals surface area (Å²) in [6.07, 6.45) is 4.26. The fourth-order valence-electron chi connectivity index (χ4n) is 3.06. The summed E-state index contributed by atoms with van der Waals surface area (Å²) in [7, 11) is 0. The molecule has 1 fully saturated rings. The summed E-state index contributed by atoms with van der Waals surface area (Å²) in [5, 5.41) is 1.35. The van der Waals surface area contributed by atoms with E-state index in [0.717, 1.165) is 49.0 Å². The molecule has 136 valence electrons. The first kappa shape index (κ1) is 18.8. The second-order valence-corrected chi connectivity index (χ2v) is 7.14. The predicted octanol–water partition coefficient (Wildman–Crippen LogP) is 3.93. The zero-order chi connectivity index (χ0) is 18.5. The summed E-state index contributed by atoms with van der Waals surface area (Å²) < 4.78 is 0. The number of piperazine rings is 1. The number of hydrogen-bond donors (Lipinski definition) is 1. The minimum atomic E-state index is -0.426. The van der Waals surface area contributed by atoms with E-state index in [1.54, 1.807) is 12.1 Å². The van der Waals surface area contributed by atoms with Crippen LogP contribution in [0.5, 0.6) is 0 Å². The molecule has 2 aromatic carbocycles. The number of carbonyl (C=O) groups is 1. The zero-order valence-corrected chi connectivity index (χ0v) is 15.9. The SMILES string of the molecule is NC(=O)c1ccc(Cl)cc1N1CCN(C/C=C/c2ccc(Cl)cc2)CC1. The van der Waals surface area contributed by atoms with Crippen LogP contribution in [0.2, 0.25) is 10.0 Å². The summed E-state index contributed by atoms with van der Waals surface area (Å²) in [5.41, 5.74) is 7.97. The van der Waals surface area contributed by atoms with Crippen LogP contribution in [0.3, 0.4) is 0 Å². The number of anilines is 1. The number of benzene rings is 2. The van der Waals surface area contributed by atoms with Crippen molar-refractivity contribution in [2.45, 2.75) is 0 Å². The molecule has 2 aromatic rings. The highest BCUT2D eigenvalue weighted by Crippen LogP contribution is 2.25. The first-order chi connectivity index (χ1) is 12.5. The van der Waals surface area contributed by atoms with E-state index >= 15 is 0 Å². The van der Waals surface area contributed by atoms with Crippen LogP contribution in [0.15, 0.2) is 48.5 Å². The Kier molecular flexibility index (Phi) is 6.20. The molecule has 0 aromatic heterocycles. The summed E-state index contributed by atoms with van der Waals surface area (Å²) >= 11 is 12.0. The van der Waals surface area contributed by atoms with Gasteiger partial charge in [-0.15, -0.1) is 0 Å². The number of rotatable bonds is 5. The third-order valence-electron chi connectivity index (χ3n) is 4.48. The molecule has 0 aliphatic carbocycles. The van der Waals surface area contributed by atoms with Gasteiger partial charge in [0.05, 0.1) is 11.3 Å². The molecule has 0 atom stereocenters. The zero-order valence-electron chi connectivity index (χ0n) is 14.4. The molecular formula is C20H21Cl2N3O. The lowest BCUT2D eigenvalue weighted by atomic mass is 10.1. The summed E-state index contributed by atoms with van der Waals surface area (Å²) in [5.74, 6) is -0.426. The van der Waals surface area contributed by atoms with Gasteiger partial charge in [-0.3, -0.25) is 9.69 Å². The number of nitrogens with zero attached hydrogens (tertiary/aromatic N) is 2. The Labute approximate surface area is 163 Å². The van der Waals surface area contributed by atoms with Crippen LogP contribution < -0.4 is 10.6 Å². The first-order valence-electron chi connectivity index (χ1n) is 8.52. The molecule has 0 saturated carbocycles. The van der Waals surface area contributed by atoms with Gasteiger partial charge in [-0.2, -0.15) is 0 Å². The van der Waals surface area contributed by atoms with Gasteiger partial charge in [-0.05, 0) is 35.9 Å². The monoisotopic (exact) mass is 389 g/mol. The van der Waals surface area contributed by atoms with Gasteiger partial charge in [0.2, 0.25) is 0 Å². The number of nitrogens with two attached hydrogens (primary N) is 1. The maximum absolute atomic E-state index is 11.7. The molecule has 1 heterocycles. The lowest BCUT2D eigenvalue weighted by Gasteiger charge is -2.36. The van der Waals surface area contributed by atoms with E-state index in [1.165, 1.54) is 0 Å². The van der Waals surface area contributed by atoms with Crippen LogP contribution in [-0.4, -0.2) is 43.5 Å². The molecule has 6 heteroatoms. The highest BCUT2D eigenvalue weighted by atomic mass is 35.5. The van der Waals surface area contributed by atoms with Crippen LogP contribution in [0.1, 0.15) is 15.9 Å². The molecule has 0 bridgehead atoms. The lowest BCUT2D eigenvalue weighted by Crippen LogP contribution is -2.46. The van der Waals surface area contributed by atoms with Crippen LogP contribution in [0.25, 0.3) is 6.08 Å². The van der Waals surface area contributed by atoms with Crippen molar-refractivity contribution in [3.05, 3.63) is 69.7 Å². The normalized spacial score (nSPS) is 15.5. The lowest BCUT2D eigenvalue weighted by molar-refractivity contribution is 0.100. The molecule has 0 unspecified atom stereocenters. The van der Waals surface area contributed by atoms with E-state index in [2.05, 4.69) is 22.0 Å². The van der Waals surface area contributed by atoms with Crippen LogP contribution in [-0.2, 0) is 0 Å². The molecule has 2 N–H and O–H groups in total. The Morgan fingerprint density at radius 3 is 2.31 bits per heavy atom. The van der Waals surface area contributed by atoms with Gasteiger partial charge in [0.1, 0.15) is 0 Å². The molecular weight excluding hydrogens is 369 g/mol. The smallest absolute Gasteiger partial charge is 0.250 e. The average Bonchev–Trinajstić information content (AvgIpc) is 2.63. The van der Waals surface area contributed by atoms with Gasteiger partial charge in [-0.25, -0.2) is 0 Å². The quantitative estimate of drug-likeness (QED) is 0.842. The Bertz CT molecular complexity index is 797. The van der Waals surface area contributed by atoms with Crippen LogP contribution in [0, 0.1) is 0 Å². The second kappa shape index (κ2) is 8.58. The van der Waals surface area contributed by atoms with Gasteiger partial charge < -0.3 is 10.6 Å². The van der Waals surface area contributed by atoms with Crippen molar-refractivity contribution in [1.29, 1.82) is 0 Å². The van der Waals surface area contributed by atoms with Gasteiger partial charge in [0, 0.05) is 42.8 Å². The van der Waals surface area contributed by atoms with Crippen molar-refractivity contribution in [2.75, 3.05) is 37.6 Å². The van der Waals surface area contributed by atoms with Crippen LogP contribution >= 0.6 is 23.2 Å². The maximum atomic E-state index is 11.7. The molecule has 1 amide bonds. The number of carbonyl (C=O) groups excluding carboxylic acids is 1. The van der Waals surface area contributed by atoms with E-state index in [4.69, 9.17) is 28.9 Å².